The molecule has 0 atom stereocenters. The zero-order valence-electron chi connectivity index (χ0n) is 37.7. The van der Waals surface area contributed by atoms with Gasteiger partial charge in [0.2, 0.25) is 0 Å². The predicted molar refractivity (Wildman–Crippen MR) is 281 cm³/mol. The van der Waals surface area contributed by atoms with E-state index in [1.807, 2.05) is 0 Å². The molecule has 5 heteroatoms. The third-order valence-electron chi connectivity index (χ3n) is 12.9. The van der Waals surface area contributed by atoms with Gasteiger partial charge >= 0.3 is 0 Å². The van der Waals surface area contributed by atoms with E-state index >= 15 is 0 Å². The Balaban J connectivity index is 1.35. The number of para-hydroxylation sites is 3. The average Bonchev–Trinajstić information content (AvgIpc) is 3.62. The molecule has 0 saturated carbocycles. The van der Waals surface area contributed by atoms with Gasteiger partial charge in [-0.05, 0) is 96.4 Å². The van der Waals surface area contributed by atoms with Crippen molar-refractivity contribution >= 4 is 104 Å². The fourth-order valence-electron chi connectivity index (χ4n) is 9.58. The number of aromatic nitrogens is 1. The van der Waals surface area contributed by atoms with E-state index in [1.54, 1.807) is 0 Å². The maximum atomic E-state index is 2.52. The topological polar surface area (TPSA) is 11.4 Å². The minimum atomic E-state index is -1.52. The molecule has 0 aliphatic heterocycles. The van der Waals surface area contributed by atoms with Gasteiger partial charge in [0.05, 0.1) is 38.6 Å². The van der Waals surface area contributed by atoms with Crippen LogP contribution in [0.2, 0.25) is 39.3 Å². The van der Waals surface area contributed by atoms with Crippen molar-refractivity contribution in [2.45, 2.75) is 53.1 Å². The number of rotatable bonds is 9. The van der Waals surface area contributed by atoms with Crippen LogP contribution in [0.4, 0.5) is 34.1 Å². The van der Waals surface area contributed by atoms with E-state index in [0.29, 0.717) is 0 Å². The fourth-order valence-corrected chi connectivity index (χ4v) is 11.9. The molecule has 0 unspecified atom stereocenters. The van der Waals surface area contributed by atoms with Gasteiger partial charge in [-0.1, -0.05) is 177 Å². The van der Waals surface area contributed by atoms with Crippen molar-refractivity contribution in [2.24, 2.45) is 0 Å². The quantitative estimate of drug-likeness (QED) is 0.134. The predicted octanol–water partition coefficient (Wildman–Crippen LogP) is 15.7. The van der Waals surface area contributed by atoms with Gasteiger partial charge in [-0.3, -0.25) is 0 Å². The van der Waals surface area contributed by atoms with Crippen LogP contribution in [-0.2, 0) is 0 Å². The second-order valence-corrected chi connectivity index (χ2v) is 29.3. The Morgan fingerprint density at radius 2 is 0.698 bits per heavy atom. The van der Waals surface area contributed by atoms with Gasteiger partial charge in [0.25, 0.3) is 0 Å². The van der Waals surface area contributed by atoms with Gasteiger partial charge in [0, 0.05) is 50.0 Å². The lowest BCUT2D eigenvalue weighted by atomic mass is 9.96. The molecule has 0 bridgehead atoms. The van der Waals surface area contributed by atoms with Gasteiger partial charge in [0.15, 0.2) is 0 Å². The molecule has 0 spiro atoms. The Hall–Kier alpha value is -6.67. The van der Waals surface area contributed by atoms with Crippen molar-refractivity contribution in [3.05, 3.63) is 199 Å². The van der Waals surface area contributed by atoms with E-state index in [1.165, 1.54) is 76.2 Å². The summed E-state index contributed by atoms with van der Waals surface area (Å²) in [5.41, 5.74) is 12.9. The summed E-state index contributed by atoms with van der Waals surface area (Å²) >= 11 is 0. The minimum Gasteiger partial charge on any atom is -0.310 e. The molecule has 10 rings (SSSR count). The Morgan fingerprint density at radius 3 is 1.08 bits per heavy atom. The van der Waals surface area contributed by atoms with Crippen LogP contribution in [0.15, 0.2) is 188 Å². The van der Waals surface area contributed by atoms with Crippen LogP contribution in [0, 0.1) is 13.8 Å². The van der Waals surface area contributed by atoms with Gasteiger partial charge < -0.3 is 14.4 Å². The second-order valence-electron chi connectivity index (χ2n) is 19.2. The van der Waals surface area contributed by atoms with Crippen molar-refractivity contribution in [2.75, 3.05) is 9.80 Å². The summed E-state index contributed by atoms with van der Waals surface area (Å²) in [5, 5.41) is 10.3. The van der Waals surface area contributed by atoms with Crippen molar-refractivity contribution in [1.29, 1.82) is 0 Å². The lowest BCUT2D eigenvalue weighted by Gasteiger charge is -2.29. The van der Waals surface area contributed by atoms with Crippen LogP contribution in [0.3, 0.4) is 0 Å². The number of hydrogen-bond acceptors (Lipinski definition) is 2. The molecule has 310 valence electrons. The molecular weight excluding hydrogens is 795 g/mol. The molecule has 0 fully saturated rings. The van der Waals surface area contributed by atoms with Crippen LogP contribution >= 0.6 is 0 Å². The highest BCUT2D eigenvalue weighted by molar-refractivity contribution is 6.89. The Morgan fingerprint density at radius 1 is 0.349 bits per heavy atom. The molecule has 0 saturated heterocycles. The summed E-state index contributed by atoms with van der Waals surface area (Å²) in [6.45, 7) is 19.0. The molecular formula is C58H55N3Si2. The van der Waals surface area contributed by atoms with Crippen molar-refractivity contribution in [3.63, 3.8) is 0 Å². The largest absolute Gasteiger partial charge is 0.310 e. The lowest BCUT2D eigenvalue weighted by Crippen LogP contribution is -2.37. The normalized spacial score (nSPS) is 12.1. The Bertz CT molecular complexity index is 3110. The first-order valence-electron chi connectivity index (χ1n) is 22.3. The molecule has 0 N–H and O–H groups in total. The average molecular weight is 850 g/mol. The molecule has 0 radical (unpaired) electrons. The van der Waals surface area contributed by atoms with Crippen LogP contribution in [0.1, 0.15) is 11.1 Å². The third-order valence-corrected chi connectivity index (χ3v) is 17.1. The molecule has 1 heterocycles. The molecule has 63 heavy (non-hydrogen) atoms. The zero-order valence-corrected chi connectivity index (χ0v) is 39.7. The highest BCUT2D eigenvalue weighted by Gasteiger charge is 2.27. The molecule has 3 nitrogen and oxygen atoms in total. The molecule has 0 amide bonds. The summed E-state index contributed by atoms with van der Waals surface area (Å²) in [6, 6.07) is 70.4. The first-order valence-corrected chi connectivity index (χ1v) is 29.3. The first-order chi connectivity index (χ1) is 30.4. The van der Waals surface area contributed by atoms with Gasteiger partial charge in [0.1, 0.15) is 0 Å². The standard InChI is InChI=1S/C58H55N3Si2/c1-40-20-12-18-28-51(40)59(43-30-34-45(35-31-43)62(3,4)5)53-38-55-57(49-26-16-14-24-47(49)53)58-50-27-17-15-25-48(50)54(39-56(58)61(55)42-22-10-9-11-23-42)60(52-29-19-13-21-41(52)2)44-32-36-46(37-33-44)63(6,7)8/h9-39H,1-8H3. The van der Waals surface area contributed by atoms with Crippen LogP contribution in [0.5, 0.6) is 0 Å². The van der Waals surface area contributed by atoms with E-state index in [0.717, 1.165) is 28.4 Å². The van der Waals surface area contributed by atoms with E-state index in [9.17, 15) is 0 Å². The number of hydrogen-bond donors (Lipinski definition) is 0. The van der Waals surface area contributed by atoms with Crippen molar-refractivity contribution < 1.29 is 0 Å². The van der Waals surface area contributed by atoms with E-state index in [-0.39, 0.29) is 0 Å². The Labute approximate surface area is 374 Å². The third kappa shape index (κ3) is 7.06. The minimum absolute atomic E-state index is 1.13. The molecule has 0 aliphatic carbocycles. The maximum absolute atomic E-state index is 2.52. The summed E-state index contributed by atoms with van der Waals surface area (Å²) in [7, 11) is -3.04. The smallest absolute Gasteiger partial charge is 0.0775 e. The number of fused-ring (bicyclic) bond motifs is 7. The van der Waals surface area contributed by atoms with Gasteiger partial charge in [-0.15, -0.1) is 0 Å². The lowest BCUT2D eigenvalue weighted by molar-refractivity contribution is 1.17. The van der Waals surface area contributed by atoms with E-state index in [4.69, 9.17) is 0 Å². The van der Waals surface area contributed by atoms with Gasteiger partial charge in [-0.2, -0.15) is 0 Å². The summed E-state index contributed by atoms with van der Waals surface area (Å²) < 4.78 is 2.52. The molecule has 1 aromatic heterocycles. The monoisotopic (exact) mass is 849 g/mol. The van der Waals surface area contributed by atoms with Gasteiger partial charge in [-0.25, -0.2) is 0 Å². The summed E-state index contributed by atoms with van der Waals surface area (Å²) in [5.74, 6) is 0. The number of aryl methyl sites for hydroxylation is 2. The molecule has 10 aromatic rings. The highest BCUT2D eigenvalue weighted by atomic mass is 28.3. The molecule has 0 aliphatic rings. The first kappa shape index (κ1) is 40.4. The number of anilines is 6. The van der Waals surface area contributed by atoms with Crippen LogP contribution < -0.4 is 20.2 Å². The molecule has 9 aromatic carbocycles. The van der Waals surface area contributed by atoms with E-state index in [2.05, 4.69) is 256 Å². The number of benzene rings is 9. The van der Waals surface area contributed by atoms with Crippen LogP contribution in [0.25, 0.3) is 49.0 Å². The Kier molecular flexibility index (Phi) is 10.0. The van der Waals surface area contributed by atoms with E-state index < -0.39 is 16.1 Å². The number of nitrogens with zero attached hydrogens (tertiary/aromatic N) is 3. The van der Waals surface area contributed by atoms with Crippen molar-refractivity contribution in [3.8, 4) is 5.69 Å². The second kappa shape index (κ2) is 15.6. The summed E-state index contributed by atoms with van der Waals surface area (Å²) in [6.07, 6.45) is 0. The van der Waals surface area contributed by atoms with Crippen LogP contribution in [-0.4, -0.2) is 20.7 Å². The fraction of sp³-hybridized carbons (Fsp3) is 0.138. The summed E-state index contributed by atoms with van der Waals surface area (Å²) in [4.78, 5) is 4.98. The zero-order chi connectivity index (χ0) is 43.6. The maximum Gasteiger partial charge on any atom is 0.0775 e. The highest BCUT2D eigenvalue weighted by Crippen LogP contribution is 2.50. The SMILES string of the molecule is Cc1ccccc1N(c1ccc([Si](C)(C)C)cc1)c1cc2c(c3ccccc13)c1c3ccccc3c(N(c3ccc([Si](C)(C)C)cc3)c3ccccc3C)cc1n2-c1ccccc1. The van der Waals surface area contributed by atoms with Crippen molar-refractivity contribution in [1.82, 2.24) is 4.57 Å².